The summed E-state index contributed by atoms with van der Waals surface area (Å²) in [6.45, 7) is 0. The second kappa shape index (κ2) is 3.49. The summed E-state index contributed by atoms with van der Waals surface area (Å²) in [5.74, 6) is -0.216. The Bertz CT molecular complexity index is 372. The third kappa shape index (κ3) is 2.29. The number of benzene rings is 1. The molecule has 1 N–H and O–H groups in total. The van der Waals surface area contributed by atoms with E-state index in [2.05, 4.69) is 0 Å². The molecule has 2 nitrogen and oxygen atoms in total. The van der Waals surface area contributed by atoms with Gasteiger partial charge in [0.25, 0.3) is 0 Å². The van der Waals surface area contributed by atoms with Crippen LogP contribution in [0, 0.1) is 5.82 Å². The van der Waals surface area contributed by atoms with E-state index in [1.807, 2.05) is 20.2 Å². The van der Waals surface area contributed by atoms with Crippen molar-refractivity contribution < 1.29 is 9.50 Å². The maximum Gasteiger partial charge on any atom is 0.146 e. The topological polar surface area (TPSA) is 23.5 Å². The van der Waals surface area contributed by atoms with E-state index in [1.165, 1.54) is 6.07 Å². The molecule has 1 aromatic carbocycles. The second-order valence-corrected chi connectivity index (χ2v) is 4.58. The van der Waals surface area contributed by atoms with E-state index < -0.39 is 5.60 Å². The molecule has 1 aromatic rings. The molecule has 1 aliphatic carbocycles. The first-order valence-electron chi connectivity index (χ1n) is 5.18. The van der Waals surface area contributed by atoms with Gasteiger partial charge in [0, 0.05) is 20.5 Å². The zero-order valence-electron chi connectivity index (χ0n) is 9.13. The van der Waals surface area contributed by atoms with Gasteiger partial charge in [-0.25, -0.2) is 4.39 Å². The smallest absolute Gasteiger partial charge is 0.146 e. The molecule has 0 radical (unpaired) electrons. The fourth-order valence-electron chi connectivity index (χ4n) is 1.71. The zero-order valence-corrected chi connectivity index (χ0v) is 9.13. The molecule has 0 saturated heterocycles. The number of aliphatic hydroxyl groups is 1. The lowest BCUT2D eigenvalue weighted by molar-refractivity contribution is 0.151. The summed E-state index contributed by atoms with van der Waals surface area (Å²) >= 11 is 0. The molecule has 1 fully saturated rings. The molecule has 1 saturated carbocycles. The number of hydrogen-bond acceptors (Lipinski definition) is 2. The van der Waals surface area contributed by atoms with Gasteiger partial charge in [-0.2, -0.15) is 0 Å². The molecule has 0 atom stereocenters. The van der Waals surface area contributed by atoms with Gasteiger partial charge in [0.15, 0.2) is 0 Å². The Labute approximate surface area is 89.3 Å². The number of anilines is 1. The lowest BCUT2D eigenvalue weighted by Crippen LogP contribution is -2.14. The molecule has 0 unspecified atom stereocenters. The highest BCUT2D eigenvalue weighted by Gasteiger charge is 2.40. The van der Waals surface area contributed by atoms with Gasteiger partial charge in [0.2, 0.25) is 0 Å². The first kappa shape index (κ1) is 10.4. The molecule has 82 valence electrons. The summed E-state index contributed by atoms with van der Waals surface area (Å²) in [4.78, 5) is 1.75. The Kier molecular flexibility index (Phi) is 2.43. The third-order valence-electron chi connectivity index (χ3n) is 2.85. The molecular formula is C12H16FNO. The monoisotopic (exact) mass is 209 g/mol. The Morgan fingerprint density at radius 3 is 2.60 bits per heavy atom. The van der Waals surface area contributed by atoms with Crippen molar-refractivity contribution >= 4 is 5.69 Å². The van der Waals surface area contributed by atoms with E-state index in [0.717, 1.165) is 18.4 Å². The van der Waals surface area contributed by atoms with E-state index in [1.54, 1.807) is 11.0 Å². The van der Waals surface area contributed by atoms with Crippen molar-refractivity contribution in [2.45, 2.75) is 24.9 Å². The van der Waals surface area contributed by atoms with Crippen LogP contribution in [0.3, 0.4) is 0 Å². The molecule has 0 aliphatic heterocycles. The van der Waals surface area contributed by atoms with Crippen LogP contribution in [0.15, 0.2) is 18.2 Å². The van der Waals surface area contributed by atoms with Crippen LogP contribution in [0.5, 0.6) is 0 Å². The number of hydrogen-bond donors (Lipinski definition) is 1. The summed E-state index contributed by atoms with van der Waals surface area (Å²) in [5.41, 5.74) is 1.07. The second-order valence-electron chi connectivity index (χ2n) is 4.58. The van der Waals surface area contributed by atoms with E-state index in [4.69, 9.17) is 0 Å². The molecule has 3 heteroatoms. The molecule has 0 amide bonds. The minimum atomic E-state index is -0.512. The summed E-state index contributed by atoms with van der Waals surface area (Å²) < 4.78 is 13.4. The van der Waals surface area contributed by atoms with E-state index in [0.29, 0.717) is 12.1 Å². The summed E-state index contributed by atoms with van der Waals surface area (Å²) in [6.07, 6.45) is 2.36. The number of rotatable bonds is 3. The summed E-state index contributed by atoms with van der Waals surface area (Å²) in [7, 11) is 3.63. The Morgan fingerprint density at radius 2 is 2.07 bits per heavy atom. The standard InChI is InChI=1S/C12H16FNO/c1-14(2)11-7-9(3-4-10(11)13)8-12(15)5-6-12/h3-4,7,15H,5-6,8H2,1-2H3. The minimum absolute atomic E-state index is 0.216. The maximum atomic E-state index is 13.4. The van der Waals surface area contributed by atoms with Crippen molar-refractivity contribution in [1.82, 2.24) is 0 Å². The van der Waals surface area contributed by atoms with Crippen LogP contribution in [-0.4, -0.2) is 24.8 Å². The van der Waals surface area contributed by atoms with E-state index in [-0.39, 0.29) is 5.82 Å². The van der Waals surface area contributed by atoms with Crippen LogP contribution in [0.4, 0.5) is 10.1 Å². The van der Waals surface area contributed by atoms with Gasteiger partial charge in [-0.1, -0.05) is 6.07 Å². The average Bonchev–Trinajstić information content (AvgIpc) is 2.87. The van der Waals surface area contributed by atoms with Crippen LogP contribution >= 0.6 is 0 Å². The van der Waals surface area contributed by atoms with Crippen LogP contribution in [-0.2, 0) is 6.42 Å². The lowest BCUT2D eigenvalue weighted by Gasteiger charge is -2.15. The fraction of sp³-hybridized carbons (Fsp3) is 0.500. The lowest BCUT2D eigenvalue weighted by atomic mass is 10.1. The minimum Gasteiger partial charge on any atom is -0.390 e. The molecule has 0 spiro atoms. The normalized spacial score (nSPS) is 17.6. The Hall–Kier alpha value is -1.09. The molecule has 0 heterocycles. The number of halogens is 1. The van der Waals surface area contributed by atoms with Crippen molar-refractivity contribution in [3.05, 3.63) is 29.6 Å². The molecular weight excluding hydrogens is 193 g/mol. The first-order valence-corrected chi connectivity index (χ1v) is 5.18. The molecule has 0 bridgehead atoms. The largest absolute Gasteiger partial charge is 0.390 e. The highest BCUT2D eigenvalue weighted by Crippen LogP contribution is 2.38. The van der Waals surface area contributed by atoms with Gasteiger partial charge < -0.3 is 10.0 Å². The maximum absolute atomic E-state index is 13.4. The highest BCUT2D eigenvalue weighted by molar-refractivity contribution is 5.49. The Balaban J connectivity index is 2.22. The quantitative estimate of drug-likeness (QED) is 0.822. The van der Waals surface area contributed by atoms with Gasteiger partial charge in [0.05, 0.1) is 11.3 Å². The highest BCUT2D eigenvalue weighted by atomic mass is 19.1. The fourth-order valence-corrected chi connectivity index (χ4v) is 1.71. The average molecular weight is 209 g/mol. The van der Waals surface area contributed by atoms with Crippen molar-refractivity contribution in [1.29, 1.82) is 0 Å². The van der Waals surface area contributed by atoms with Gasteiger partial charge in [0.1, 0.15) is 5.82 Å². The zero-order chi connectivity index (χ0) is 11.1. The summed E-state index contributed by atoms with van der Waals surface area (Å²) in [6, 6.07) is 5.03. The van der Waals surface area contributed by atoms with Gasteiger partial charge >= 0.3 is 0 Å². The van der Waals surface area contributed by atoms with Crippen LogP contribution in [0.2, 0.25) is 0 Å². The summed E-state index contributed by atoms with van der Waals surface area (Å²) in [5, 5.41) is 9.77. The first-order chi connectivity index (χ1) is 7.00. The molecule has 15 heavy (non-hydrogen) atoms. The predicted octanol–water partition coefficient (Wildman–Crippen LogP) is 1.96. The third-order valence-corrected chi connectivity index (χ3v) is 2.85. The van der Waals surface area contributed by atoms with Crippen LogP contribution in [0.1, 0.15) is 18.4 Å². The molecule has 0 aromatic heterocycles. The molecule has 1 aliphatic rings. The SMILES string of the molecule is CN(C)c1cc(CC2(O)CC2)ccc1F. The van der Waals surface area contributed by atoms with Crippen molar-refractivity contribution in [2.75, 3.05) is 19.0 Å². The number of nitrogens with zero attached hydrogens (tertiary/aromatic N) is 1. The van der Waals surface area contributed by atoms with Crippen LogP contribution in [0.25, 0.3) is 0 Å². The predicted molar refractivity (Wildman–Crippen MR) is 58.6 cm³/mol. The van der Waals surface area contributed by atoms with E-state index >= 15 is 0 Å². The van der Waals surface area contributed by atoms with E-state index in [9.17, 15) is 9.50 Å². The van der Waals surface area contributed by atoms with Gasteiger partial charge in [-0.3, -0.25) is 0 Å². The van der Waals surface area contributed by atoms with Crippen molar-refractivity contribution in [3.63, 3.8) is 0 Å². The Morgan fingerprint density at radius 1 is 1.40 bits per heavy atom. The van der Waals surface area contributed by atoms with Gasteiger partial charge in [-0.05, 0) is 30.5 Å². The van der Waals surface area contributed by atoms with Gasteiger partial charge in [-0.15, -0.1) is 0 Å². The van der Waals surface area contributed by atoms with Crippen molar-refractivity contribution in [2.24, 2.45) is 0 Å². The molecule has 2 rings (SSSR count). The van der Waals surface area contributed by atoms with Crippen LogP contribution < -0.4 is 4.90 Å². The van der Waals surface area contributed by atoms with Crippen molar-refractivity contribution in [3.8, 4) is 0 Å².